The van der Waals surface area contributed by atoms with Gasteiger partial charge >= 0.3 is 5.97 Å². The molecule has 0 radical (unpaired) electrons. The van der Waals surface area contributed by atoms with Crippen molar-refractivity contribution in [3.8, 4) is 0 Å². The van der Waals surface area contributed by atoms with Gasteiger partial charge in [0, 0.05) is 23.9 Å². The van der Waals surface area contributed by atoms with Gasteiger partial charge in [-0.3, -0.25) is 9.59 Å². The maximum Gasteiger partial charge on any atom is 0.323 e. The van der Waals surface area contributed by atoms with E-state index in [-0.39, 0.29) is 16.3 Å². The van der Waals surface area contributed by atoms with Crippen LogP contribution in [0, 0.1) is 12.7 Å². The summed E-state index contributed by atoms with van der Waals surface area (Å²) in [6.45, 7) is 2.87. The molecule has 4 rings (SSSR count). The number of pyridine rings is 1. The first kappa shape index (κ1) is 18.7. The average molecular weight is 403 g/mol. The second-order valence-electron chi connectivity index (χ2n) is 7.27. The molecule has 0 saturated carbocycles. The van der Waals surface area contributed by atoms with Crippen molar-refractivity contribution in [3.63, 3.8) is 0 Å². The number of hydrogen-bond acceptors (Lipinski definition) is 3. The number of rotatable bonds is 3. The summed E-state index contributed by atoms with van der Waals surface area (Å²) >= 11 is 6.72. The van der Waals surface area contributed by atoms with E-state index < -0.39 is 18.3 Å². The molecule has 0 aliphatic carbocycles. The first-order valence-corrected chi connectivity index (χ1v) is 9.68. The molecule has 0 amide bonds. The van der Waals surface area contributed by atoms with Crippen LogP contribution in [0.3, 0.4) is 0 Å². The number of anilines is 1. The third-order valence-corrected chi connectivity index (χ3v) is 5.79. The van der Waals surface area contributed by atoms with Gasteiger partial charge in [-0.1, -0.05) is 11.6 Å². The zero-order valence-electron chi connectivity index (χ0n) is 15.5. The molecule has 146 valence electrons. The van der Waals surface area contributed by atoms with Crippen LogP contribution in [0.5, 0.6) is 0 Å². The highest BCUT2D eigenvalue weighted by Crippen LogP contribution is 2.35. The lowest BCUT2D eigenvalue weighted by molar-refractivity contribution is -0.137. The Morgan fingerprint density at radius 3 is 2.57 bits per heavy atom. The lowest BCUT2D eigenvalue weighted by Crippen LogP contribution is -2.30. The standard InChI is InChI=1S/C21H20ClFN2O3/c1-12-9-14-17(10-15(12)23)25(11-18(26)27)20-13(21(14)28)5-6-16(19(20)22)24-7-3-2-4-8-24/h5-6,9-10H,2-4,7-8,11H2,1H3,(H,26,27). The number of halogens is 2. The SMILES string of the molecule is Cc1cc2c(=O)c3ccc(N4CCCCC4)c(Cl)c3n(CC(=O)O)c2cc1F. The number of carboxylic acids is 1. The minimum atomic E-state index is -1.09. The molecule has 1 fully saturated rings. The fourth-order valence-corrected chi connectivity index (χ4v) is 4.41. The van der Waals surface area contributed by atoms with Gasteiger partial charge in [-0.2, -0.15) is 0 Å². The molecular weight excluding hydrogens is 383 g/mol. The van der Waals surface area contributed by atoms with Crippen LogP contribution >= 0.6 is 11.6 Å². The van der Waals surface area contributed by atoms with Gasteiger partial charge < -0.3 is 14.6 Å². The maximum absolute atomic E-state index is 14.3. The predicted molar refractivity (Wildman–Crippen MR) is 109 cm³/mol. The second-order valence-corrected chi connectivity index (χ2v) is 7.65. The average Bonchev–Trinajstić information content (AvgIpc) is 2.67. The summed E-state index contributed by atoms with van der Waals surface area (Å²) in [6.07, 6.45) is 3.27. The van der Waals surface area contributed by atoms with Crippen LogP contribution in [-0.2, 0) is 11.3 Å². The van der Waals surface area contributed by atoms with Gasteiger partial charge in [-0.05, 0) is 56.0 Å². The number of hydrogen-bond donors (Lipinski definition) is 1. The van der Waals surface area contributed by atoms with Crippen molar-refractivity contribution >= 4 is 45.1 Å². The molecular formula is C21H20ClFN2O3. The molecule has 7 heteroatoms. The lowest BCUT2D eigenvalue weighted by Gasteiger charge is -2.30. The quantitative estimate of drug-likeness (QED) is 0.662. The fraction of sp³-hybridized carbons (Fsp3) is 0.333. The van der Waals surface area contributed by atoms with Gasteiger partial charge in [0.1, 0.15) is 12.4 Å². The summed E-state index contributed by atoms with van der Waals surface area (Å²) in [5.41, 5.74) is 1.41. The Labute approximate surface area is 165 Å². The summed E-state index contributed by atoms with van der Waals surface area (Å²) in [5, 5.41) is 10.4. The number of carboxylic acid groups (broad SMARTS) is 1. The third-order valence-electron chi connectivity index (χ3n) is 5.41. The highest BCUT2D eigenvalue weighted by atomic mass is 35.5. The van der Waals surface area contributed by atoms with Crippen molar-refractivity contribution in [3.05, 3.63) is 50.9 Å². The van der Waals surface area contributed by atoms with Gasteiger partial charge in [0.25, 0.3) is 0 Å². The molecule has 0 unspecified atom stereocenters. The van der Waals surface area contributed by atoms with Crippen LogP contribution in [0.25, 0.3) is 21.8 Å². The van der Waals surface area contributed by atoms with Crippen LogP contribution in [0.4, 0.5) is 10.1 Å². The topological polar surface area (TPSA) is 62.5 Å². The molecule has 1 N–H and O–H groups in total. The molecule has 0 atom stereocenters. The number of benzene rings is 2. The van der Waals surface area contributed by atoms with Gasteiger partial charge in [0.15, 0.2) is 5.43 Å². The van der Waals surface area contributed by atoms with Crippen molar-refractivity contribution in [1.82, 2.24) is 4.57 Å². The van der Waals surface area contributed by atoms with Gasteiger partial charge in [-0.15, -0.1) is 0 Å². The minimum Gasteiger partial charge on any atom is -0.480 e. The number of aryl methyl sites for hydroxylation is 1. The Bertz CT molecular complexity index is 1170. The van der Waals surface area contributed by atoms with E-state index in [9.17, 15) is 19.1 Å². The molecule has 1 aliphatic rings. The second kappa shape index (κ2) is 7.09. The summed E-state index contributed by atoms with van der Waals surface area (Å²) < 4.78 is 15.7. The van der Waals surface area contributed by atoms with Crippen molar-refractivity contribution in [2.45, 2.75) is 32.7 Å². The minimum absolute atomic E-state index is 0.237. The van der Waals surface area contributed by atoms with Crippen molar-refractivity contribution in [2.75, 3.05) is 18.0 Å². The van der Waals surface area contributed by atoms with E-state index in [0.717, 1.165) is 38.0 Å². The molecule has 1 aromatic heterocycles. The first-order valence-electron chi connectivity index (χ1n) is 9.30. The van der Waals surface area contributed by atoms with Gasteiger partial charge in [0.2, 0.25) is 0 Å². The fourth-order valence-electron chi connectivity index (χ4n) is 4.02. The van der Waals surface area contributed by atoms with Crippen LogP contribution in [-0.4, -0.2) is 28.7 Å². The molecule has 0 bridgehead atoms. The number of carbonyl (C=O) groups is 1. The summed E-state index contributed by atoms with van der Waals surface area (Å²) in [4.78, 5) is 26.8. The Morgan fingerprint density at radius 2 is 1.89 bits per heavy atom. The van der Waals surface area contributed by atoms with Gasteiger partial charge in [-0.25, -0.2) is 4.39 Å². The van der Waals surface area contributed by atoms with Crippen LogP contribution in [0.2, 0.25) is 5.02 Å². The lowest BCUT2D eigenvalue weighted by atomic mass is 10.0. The Morgan fingerprint density at radius 1 is 1.18 bits per heavy atom. The number of piperidine rings is 1. The molecule has 1 saturated heterocycles. The number of fused-ring (bicyclic) bond motifs is 2. The highest BCUT2D eigenvalue weighted by molar-refractivity contribution is 6.38. The molecule has 28 heavy (non-hydrogen) atoms. The highest BCUT2D eigenvalue weighted by Gasteiger charge is 2.21. The Kier molecular flexibility index (Phi) is 4.75. The van der Waals surface area contributed by atoms with E-state index in [1.54, 1.807) is 13.0 Å². The molecule has 2 heterocycles. The third kappa shape index (κ3) is 3.02. The van der Waals surface area contributed by atoms with E-state index in [4.69, 9.17) is 11.6 Å². The Hall–Kier alpha value is -2.60. The van der Waals surface area contributed by atoms with Crippen LogP contribution in [0.15, 0.2) is 29.1 Å². The van der Waals surface area contributed by atoms with E-state index in [2.05, 4.69) is 4.90 Å². The summed E-state index contributed by atoms with van der Waals surface area (Å²) in [7, 11) is 0. The van der Waals surface area contributed by atoms with Crippen LogP contribution in [0.1, 0.15) is 24.8 Å². The van der Waals surface area contributed by atoms with Crippen LogP contribution < -0.4 is 10.3 Å². The van der Waals surface area contributed by atoms with E-state index in [0.29, 0.717) is 21.5 Å². The summed E-state index contributed by atoms with van der Waals surface area (Å²) in [5.74, 6) is -1.58. The van der Waals surface area contributed by atoms with Crippen molar-refractivity contribution < 1.29 is 14.3 Å². The zero-order valence-corrected chi connectivity index (χ0v) is 16.2. The first-order chi connectivity index (χ1) is 13.4. The van der Waals surface area contributed by atoms with Gasteiger partial charge in [0.05, 0.1) is 21.7 Å². The number of nitrogens with zero attached hydrogens (tertiary/aromatic N) is 2. The van der Waals surface area contributed by atoms with E-state index in [1.165, 1.54) is 16.7 Å². The largest absolute Gasteiger partial charge is 0.480 e. The number of aliphatic carboxylic acids is 1. The van der Waals surface area contributed by atoms with E-state index >= 15 is 0 Å². The monoisotopic (exact) mass is 402 g/mol. The zero-order chi connectivity index (χ0) is 20.0. The molecule has 5 nitrogen and oxygen atoms in total. The van der Waals surface area contributed by atoms with Crippen molar-refractivity contribution in [2.24, 2.45) is 0 Å². The van der Waals surface area contributed by atoms with E-state index in [1.807, 2.05) is 6.07 Å². The summed E-state index contributed by atoms with van der Waals surface area (Å²) in [6, 6.07) is 6.21. The maximum atomic E-state index is 14.3. The molecule has 1 aliphatic heterocycles. The van der Waals surface area contributed by atoms with Crippen molar-refractivity contribution in [1.29, 1.82) is 0 Å². The predicted octanol–water partition coefficient (Wildman–Crippen LogP) is 4.33. The molecule has 3 aromatic rings. The Balaban J connectivity index is 2.11. The number of aromatic nitrogens is 1. The normalized spacial score (nSPS) is 14.8. The molecule has 0 spiro atoms. The smallest absolute Gasteiger partial charge is 0.323 e. The molecule has 2 aromatic carbocycles.